The molecule has 0 saturated heterocycles. The van der Waals surface area contributed by atoms with Crippen LogP contribution in [0.15, 0.2) is 0 Å². The Morgan fingerprint density at radius 1 is 1.45 bits per heavy atom. The molecule has 6 N–H and O–H groups in total. The van der Waals surface area contributed by atoms with Crippen molar-refractivity contribution in [2.45, 2.75) is 18.9 Å². The molecule has 0 aromatic carbocycles. The maximum atomic E-state index is 10.5. The molecule has 0 unspecified atom stereocenters. The minimum atomic E-state index is -0.868. The summed E-state index contributed by atoms with van der Waals surface area (Å²) < 4.78 is 0. The highest BCUT2D eigenvalue weighted by Crippen LogP contribution is 1.94. The highest BCUT2D eigenvalue weighted by Gasteiger charge is 2.14. The molecule has 0 heterocycles. The maximum Gasteiger partial charge on any atom is 0.341 e. The van der Waals surface area contributed by atoms with Gasteiger partial charge in [-0.3, -0.25) is 4.79 Å². The zero-order valence-electron chi connectivity index (χ0n) is 5.95. The molecular weight excluding hydrogens is 150 g/mol. The molecule has 0 aromatic heterocycles. The van der Waals surface area contributed by atoms with E-state index in [1.165, 1.54) is 0 Å². The number of carbonyl (C=O) groups excluding carboxylic acids is 2. The number of amides is 1. The molecule has 1 atom stereocenters. The van der Waals surface area contributed by atoms with Crippen LogP contribution in [-0.2, 0) is 14.4 Å². The van der Waals surface area contributed by atoms with Crippen molar-refractivity contribution in [3.63, 3.8) is 0 Å². The van der Waals surface area contributed by atoms with Gasteiger partial charge in [-0.25, -0.2) is 4.79 Å². The topological polar surface area (TPSA) is 121 Å². The first kappa shape index (κ1) is 9.86. The van der Waals surface area contributed by atoms with E-state index in [0.29, 0.717) is 0 Å². The molecule has 0 rings (SSSR count). The molecule has 0 bridgehead atoms. The summed E-state index contributed by atoms with van der Waals surface area (Å²) >= 11 is 0. The lowest BCUT2D eigenvalue weighted by atomic mass is 10.2. The second-order valence-electron chi connectivity index (χ2n) is 2.05. The molecule has 6 nitrogen and oxygen atoms in total. The lowest BCUT2D eigenvalue weighted by Crippen LogP contribution is -2.34. The Hall–Kier alpha value is -1.14. The number of hydrogen-bond acceptors (Lipinski definition) is 5. The van der Waals surface area contributed by atoms with E-state index in [4.69, 9.17) is 11.5 Å². The number of primary amides is 1. The van der Waals surface area contributed by atoms with E-state index in [1.807, 2.05) is 0 Å². The second kappa shape index (κ2) is 4.64. The summed E-state index contributed by atoms with van der Waals surface area (Å²) in [7, 11) is 0. The lowest BCUT2D eigenvalue weighted by Gasteiger charge is -2.05. The van der Waals surface area contributed by atoms with Crippen LogP contribution < -0.4 is 17.4 Å². The van der Waals surface area contributed by atoms with Crippen molar-refractivity contribution in [2.75, 3.05) is 0 Å². The molecule has 0 fully saturated rings. The van der Waals surface area contributed by atoms with E-state index in [-0.39, 0.29) is 12.8 Å². The average Bonchev–Trinajstić information content (AvgIpc) is 1.98. The van der Waals surface area contributed by atoms with Gasteiger partial charge in [-0.15, -0.1) is 0 Å². The fraction of sp³-hybridized carbons (Fsp3) is 0.600. The van der Waals surface area contributed by atoms with E-state index in [2.05, 4.69) is 10.7 Å². The van der Waals surface area contributed by atoms with Gasteiger partial charge in [0.1, 0.15) is 6.04 Å². The van der Waals surface area contributed by atoms with E-state index < -0.39 is 17.9 Å². The van der Waals surface area contributed by atoms with E-state index in [1.54, 1.807) is 0 Å². The first-order valence-electron chi connectivity index (χ1n) is 3.02. The minimum Gasteiger partial charge on any atom is -0.372 e. The zero-order chi connectivity index (χ0) is 8.85. The van der Waals surface area contributed by atoms with Crippen molar-refractivity contribution in [1.82, 2.24) is 0 Å². The van der Waals surface area contributed by atoms with Crippen molar-refractivity contribution in [1.29, 1.82) is 0 Å². The third-order valence-electron chi connectivity index (χ3n) is 1.12. The van der Waals surface area contributed by atoms with Crippen LogP contribution in [0.25, 0.3) is 0 Å². The first-order chi connectivity index (χ1) is 5.07. The predicted molar refractivity (Wildman–Crippen MR) is 36.7 cm³/mol. The van der Waals surface area contributed by atoms with Gasteiger partial charge >= 0.3 is 5.97 Å². The van der Waals surface area contributed by atoms with Crippen LogP contribution in [0.3, 0.4) is 0 Å². The monoisotopic (exact) mass is 161 g/mol. The summed E-state index contributed by atoms with van der Waals surface area (Å²) in [5.41, 5.74) is 10.0. The van der Waals surface area contributed by atoms with Gasteiger partial charge in [-0.1, -0.05) is 0 Å². The van der Waals surface area contributed by atoms with Gasteiger partial charge in [0.25, 0.3) is 0 Å². The summed E-state index contributed by atoms with van der Waals surface area (Å²) in [5, 5.41) is 0. The molecule has 0 aromatic rings. The fourth-order valence-electron chi connectivity index (χ4n) is 0.503. The Balaban J connectivity index is 3.60. The Labute approximate surface area is 63.6 Å². The summed E-state index contributed by atoms with van der Waals surface area (Å²) in [4.78, 5) is 24.5. The average molecular weight is 161 g/mol. The van der Waals surface area contributed by atoms with Crippen molar-refractivity contribution < 1.29 is 14.4 Å². The third-order valence-corrected chi connectivity index (χ3v) is 1.12. The largest absolute Gasteiger partial charge is 0.372 e. The van der Waals surface area contributed by atoms with Crippen molar-refractivity contribution in [3.8, 4) is 0 Å². The zero-order valence-corrected chi connectivity index (χ0v) is 5.95. The summed E-state index contributed by atoms with van der Waals surface area (Å²) in [6.07, 6.45) is 0.210. The normalized spacial score (nSPS) is 12.2. The first-order valence-corrected chi connectivity index (χ1v) is 3.02. The lowest BCUT2D eigenvalue weighted by molar-refractivity contribution is -0.145. The molecule has 0 radical (unpaired) electrons. The van der Waals surface area contributed by atoms with Gasteiger partial charge in [0.05, 0.1) is 0 Å². The van der Waals surface area contributed by atoms with Crippen molar-refractivity contribution >= 4 is 11.9 Å². The van der Waals surface area contributed by atoms with E-state index >= 15 is 0 Å². The molecule has 6 heteroatoms. The van der Waals surface area contributed by atoms with Crippen molar-refractivity contribution in [2.24, 2.45) is 17.4 Å². The number of hydrogen-bond donors (Lipinski definition) is 3. The van der Waals surface area contributed by atoms with Gasteiger partial charge in [-0.05, 0) is 6.42 Å². The standard InChI is InChI=1S/C5H11N3O3/c6-3(5(10)11-8)1-2-4(7)9/h3H,1-2,6,8H2,(H2,7,9)/t3-/m0/s1. The Morgan fingerprint density at radius 2 is 2.00 bits per heavy atom. The van der Waals surface area contributed by atoms with E-state index in [0.717, 1.165) is 0 Å². The van der Waals surface area contributed by atoms with E-state index in [9.17, 15) is 9.59 Å². The minimum absolute atomic E-state index is 0.0519. The molecule has 11 heavy (non-hydrogen) atoms. The number of nitrogens with two attached hydrogens (primary N) is 3. The van der Waals surface area contributed by atoms with Crippen LogP contribution in [0.5, 0.6) is 0 Å². The Kier molecular flexibility index (Phi) is 4.16. The van der Waals surface area contributed by atoms with Gasteiger partial charge in [0.2, 0.25) is 5.91 Å². The molecule has 0 aliphatic rings. The van der Waals surface area contributed by atoms with Crippen LogP contribution in [0.2, 0.25) is 0 Å². The van der Waals surface area contributed by atoms with Crippen LogP contribution in [0.1, 0.15) is 12.8 Å². The molecule has 0 aliphatic carbocycles. The summed E-state index contributed by atoms with van der Waals surface area (Å²) in [5.74, 6) is 3.28. The van der Waals surface area contributed by atoms with Crippen molar-refractivity contribution in [3.05, 3.63) is 0 Å². The van der Waals surface area contributed by atoms with Gasteiger partial charge in [-0.2, -0.15) is 5.90 Å². The Bertz CT molecular complexity index is 159. The quantitative estimate of drug-likeness (QED) is 0.411. The summed E-state index contributed by atoms with van der Waals surface area (Å²) in [6, 6.07) is -0.868. The molecule has 0 saturated carbocycles. The predicted octanol–water partition coefficient (Wildman–Crippen LogP) is -2.00. The van der Waals surface area contributed by atoms with Crippen LogP contribution in [0, 0.1) is 0 Å². The van der Waals surface area contributed by atoms with Crippen LogP contribution in [0.4, 0.5) is 0 Å². The third kappa shape index (κ3) is 4.29. The number of rotatable bonds is 4. The highest BCUT2D eigenvalue weighted by molar-refractivity contribution is 5.77. The van der Waals surface area contributed by atoms with Gasteiger partial charge in [0, 0.05) is 6.42 Å². The molecular formula is C5H11N3O3. The maximum absolute atomic E-state index is 10.5. The fourth-order valence-corrected chi connectivity index (χ4v) is 0.503. The van der Waals surface area contributed by atoms with Gasteiger partial charge < -0.3 is 16.3 Å². The van der Waals surface area contributed by atoms with Crippen LogP contribution >= 0.6 is 0 Å². The van der Waals surface area contributed by atoms with Crippen LogP contribution in [-0.4, -0.2) is 17.9 Å². The summed E-state index contributed by atoms with van der Waals surface area (Å²) in [6.45, 7) is 0. The SMILES string of the molecule is NOC(=O)[C@@H](N)CCC(N)=O. The smallest absolute Gasteiger partial charge is 0.341 e. The molecule has 0 aliphatic heterocycles. The molecule has 64 valence electrons. The Morgan fingerprint density at radius 3 is 2.36 bits per heavy atom. The van der Waals surface area contributed by atoms with Gasteiger partial charge in [0.15, 0.2) is 0 Å². The molecule has 1 amide bonds. The second-order valence-corrected chi connectivity index (χ2v) is 2.05. The number of carbonyl (C=O) groups is 2. The molecule has 0 spiro atoms. The highest BCUT2D eigenvalue weighted by atomic mass is 16.7.